The highest BCUT2D eigenvalue weighted by molar-refractivity contribution is 7.99. The van der Waals surface area contributed by atoms with Gasteiger partial charge in [-0.05, 0) is 37.0 Å². The molecule has 2 aliphatic heterocycles. The molecule has 3 heteroatoms. The first kappa shape index (κ1) is 10.5. The molecule has 2 heterocycles. The van der Waals surface area contributed by atoms with E-state index < -0.39 is 0 Å². The van der Waals surface area contributed by atoms with Crippen molar-refractivity contribution in [2.75, 3.05) is 23.7 Å². The molecule has 0 aliphatic carbocycles. The largest absolute Gasteiger partial charge is 0.369 e. The maximum absolute atomic E-state index is 5.93. The molecule has 16 heavy (non-hydrogen) atoms. The SMILES string of the molecule is CC(N)CN1CCc2ccc3c(c21)CCS3. The molecule has 1 aromatic rings. The van der Waals surface area contributed by atoms with Crippen LogP contribution < -0.4 is 10.6 Å². The number of thioether (sulfide) groups is 1. The van der Waals surface area contributed by atoms with Crippen LogP contribution in [0.5, 0.6) is 0 Å². The number of fused-ring (bicyclic) bond motifs is 3. The summed E-state index contributed by atoms with van der Waals surface area (Å²) in [5.74, 6) is 1.25. The molecule has 0 bridgehead atoms. The fourth-order valence-corrected chi connectivity index (χ4v) is 3.86. The Kier molecular flexibility index (Phi) is 2.60. The molecule has 0 radical (unpaired) electrons. The highest BCUT2D eigenvalue weighted by Crippen LogP contribution is 2.42. The molecule has 2 N–H and O–H groups in total. The van der Waals surface area contributed by atoms with Crippen LogP contribution in [0.25, 0.3) is 0 Å². The number of rotatable bonds is 2. The minimum Gasteiger partial charge on any atom is -0.369 e. The van der Waals surface area contributed by atoms with Crippen molar-refractivity contribution in [3.63, 3.8) is 0 Å². The first-order chi connectivity index (χ1) is 7.75. The van der Waals surface area contributed by atoms with Gasteiger partial charge >= 0.3 is 0 Å². The van der Waals surface area contributed by atoms with E-state index in [1.165, 1.54) is 34.7 Å². The quantitative estimate of drug-likeness (QED) is 0.849. The fraction of sp³-hybridized carbons (Fsp3) is 0.538. The summed E-state index contributed by atoms with van der Waals surface area (Å²) in [6.45, 7) is 4.24. The third-order valence-electron chi connectivity index (χ3n) is 3.41. The van der Waals surface area contributed by atoms with E-state index in [0.717, 1.165) is 13.1 Å². The lowest BCUT2D eigenvalue weighted by atomic mass is 10.1. The normalized spacial score (nSPS) is 19.8. The van der Waals surface area contributed by atoms with Gasteiger partial charge in [0.2, 0.25) is 0 Å². The Morgan fingerprint density at radius 2 is 2.31 bits per heavy atom. The zero-order chi connectivity index (χ0) is 11.1. The lowest BCUT2D eigenvalue weighted by molar-refractivity contribution is 0.692. The molecule has 1 aromatic carbocycles. The minimum absolute atomic E-state index is 0.260. The topological polar surface area (TPSA) is 29.3 Å². The van der Waals surface area contributed by atoms with Gasteiger partial charge in [0.05, 0.1) is 0 Å². The summed E-state index contributed by atoms with van der Waals surface area (Å²) in [5.41, 5.74) is 10.6. The van der Waals surface area contributed by atoms with Crippen LogP contribution in [0.3, 0.4) is 0 Å². The van der Waals surface area contributed by atoms with Gasteiger partial charge in [-0.15, -0.1) is 11.8 Å². The van der Waals surface area contributed by atoms with Gasteiger partial charge in [-0.1, -0.05) is 6.07 Å². The van der Waals surface area contributed by atoms with Crippen molar-refractivity contribution in [1.29, 1.82) is 0 Å². The van der Waals surface area contributed by atoms with Crippen molar-refractivity contribution >= 4 is 17.4 Å². The van der Waals surface area contributed by atoms with Crippen LogP contribution in [0, 0.1) is 0 Å². The van der Waals surface area contributed by atoms with Crippen LogP contribution in [-0.4, -0.2) is 24.9 Å². The van der Waals surface area contributed by atoms with Crippen molar-refractivity contribution in [3.8, 4) is 0 Å². The average molecular weight is 234 g/mol. The van der Waals surface area contributed by atoms with Gasteiger partial charge in [0.15, 0.2) is 0 Å². The molecule has 0 amide bonds. The van der Waals surface area contributed by atoms with E-state index in [1.807, 2.05) is 11.8 Å². The molecule has 3 rings (SSSR count). The molecule has 86 valence electrons. The van der Waals surface area contributed by atoms with Crippen LogP contribution in [0.1, 0.15) is 18.1 Å². The summed E-state index contributed by atoms with van der Waals surface area (Å²) in [7, 11) is 0. The molecular formula is C13H18N2S. The summed E-state index contributed by atoms with van der Waals surface area (Å²) >= 11 is 2.00. The fourth-order valence-electron chi connectivity index (χ4n) is 2.80. The molecule has 0 spiro atoms. The van der Waals surface area contributed by atoms with Gasteiger partial charge < -0.3 is 10.6 Å². The highest BCUT2D eigenvalue weighted by Gasteiger charge is 2.26. The van der Waals surface area contributed by atoms with E-state index in [-0.39, 0.29) is 6.04 Å². The molecule has 0 aromatic heterocycles. The first-order valence-corrected chi connectivity index (χ1v) is 7.02. The van der Waals surface area contributed by atoms with Gasteiger partial charge in [-0.3, -0.25) is 0 Å². The second kappa shape index (κ2) is 3.97. The monoisotopic (exact) mass is 234 g/mol. The van der Waals surface area contributed by atoms with Gasteiger partial charge in [-0.25, -0.2) is 0 Å². The molecule has 0 fully saturated rings. The van der Waals surface area contributed by atoms with E-state index >= 15 is 0 Å². The average Bonchev–Trinajstić information content (AvgIpc) is 2.82. The summed E-state index contributed by atoms with van der Waals surface area (Å²) in [5, 5.41) is 0. The first-order valence-electron chi connectivity index (χ1n) is 6.04. The predicted octanol–water partition coefficient (Wildman–Crippen LogP) is 2.04. The molecule has 1 atom stereocenters. The number of benzene rings is 1. The van der Waals surface area contributed by atoms with E-state index in [4.69, 9.17) is 5.73 Å². The summed E-state index contributed by atoms with van der Waals surface area (Å²) < 4.78 is 0. The Labute approximate surface area is 101 Å². The summed E-state index contributed by atoms with van der Waals surface area (Å²) in [4.78, 5) is 3.99. The van der Waals surface area contributed by atoms with E-state index in [2.05, 4.69) is 24.0 Å². The third kappa shape index (κ3) is 1.62. The van der Waals surface area contributed by atoms with Crippen molar-refractivity contribution < 1.29 is 0 Å². The Hall–Kier alpha value is -0.670. The zero-order valence-electron chi connectivity index (χ0n) is 9.70. The maximum Gasteiger partial charge on any atom is 0.0444 e. The summed E-state index contributed by atoms with van der Waals surface area (Å²) in [6.07, 6.45) is 2.43. The van der Waals surface area contributed by atoms with Crippen LogP contribution in [0.2, 0.25) is 0 Å². The second-order valence-electron chi connectivity index (χ2n) is 4.82. The highest BCUT2D eigenvalue weighted by atomic mass is 32.2. The third-order valence-corrected chi connectivity index (χ3v) is 4.51. The van der Waals surface area contributed by atoms with Crippen molar-refractivity contribution in [3.05, 3.63) is 23.3 Å². The van der Waals surface area contributed by atoms with Crippen LogP contribution >= 0.6 is 11.8 Å². The number of hydrogen-bond acceptors (Lipinski definition) is 3. The standard InChI is InChI=1S/C13H18N2S/c1-9(14)8-15-6-4-10-2-3-12-11(13(10)15)5-7-16-12/h2-3,9H,4-8,14H2,1H3. The smallest absolute Gasteiger partial charge is 0.0444 e. The number of anilines is 1. The predicted molar refractivity (Wildman–Crippen MR) is 70.4 cm³/mol. The summed E-state index contributed by atoms with van der Waals surface area (Å²) in [6, 6.07) is 4.88. The molecule has 2 aliphatic rings. The number of hydrogen-bond donors (Lipinski definition) is 1. The Morgan fingerprint density at radius 3 is 3.12 bits per heavy atom. The molecule has 1 unspecified atom stereocenters. The zero-order valence-corrected chi connectivity index (χ0v) is 10.5. The van der Waals surface area contributed by atoms with E-state index in [1.54, 1.807) is 5.56 Å². The van der Waals surface area contributed by atoms with Crippen molar-refractivity contribution in [2.45, 2.75) is 30.7 Å². The molecular weight excluding hydrogens is 216 g/mol. The number of nitrogens with two attached hydrogens (primary N) is 1. The van der Waals surface area contributed by atoms with Gasteiger partial charge in [0.1, 0.15) is 0 Å². The van der Waals surface area contributed by atoms with Crippen molar-refractivity contribution in [1.82, 2.24) is 0 Å². The van der Waals surface area contributed by atoms with E-state index in [0.29, 0.717) is 0 Å². The van der Waals surface area contributed by atoms with Gasteiger partial charge in [0.25, 0.3) is 0 Å². The van der Waals surface area contributed by atoms with Crippen LogP contribution in [0.4, 0.5) is 5.69 Å². The van der Waals surface area contributed by atoms with E-state index in [9.17, 15) is 0 Å². The van der Waals surface area contributed by atoms with Gasteiger partial charge in [0, 0.05) is 35.5 Å². The molecule has 0 saturated carbocycles. The minimum atomic E-state index is 0.260. The number of nitrogens with zero attached hydrogens (tertiary/aromatic N) is 1. The second-order valence-corrected chi connectivity index (χ2v) is 5.96. The lowest BCUT2D eigenvalue weighted by Gasteiger charge is -2.23. The molecule has 0 saturated heterocycles. The Balaban J connectivity index is 2.00. The van der Waals surface area contributed by atoms with Crippen LogP contribution in [-0.2, 0) is 12.8 Å². The molecule has 2 nitrogen and oxygen atoms in total. The lowest BCUT2D eigenvalue weighted by Crippen LogP contribution is -2.34. The van der Waals surface area contributed by atoms with Crippen molar-refractivity contribution in [2.24, 2.45) is 5.73 Å². The Morgan fingerprint density at radius 1 is 1.44 bits per heavy atom. The van der Waals surface area contributed by atoms with Crippen LogP contribution in [0.15, 0.2) is 17.0 Å². The Bertz CT molecular complexity index is 415. The van der Waals surface area contributed by atoms with Gasteiger partial charge in [-0.2, -0.15) is 0 Å². The maximum atomic E-state index is 5.93.